The van der Waals surface area contributed by atoms with Gasteiger partial charge < -0.3 is 9.84 Å². The zero-order valence-electron chi connectivity index (χ0n) is 10.2. The van der Waals surface area contributed by atoms with Crippen molar-refractivity contribution in [3.8, 4) is 5.75 Å². The second-order valence-electron chi connectivity index (χ2n) is 4.87. The van der Waals surface area contributed by atoms with Gasteiger partial charge in [0.15, 0.2) is 0 Å². The highest BCUT2D eigenvalue weighted by Crippen LogP contribution is 2.17. The number of phenols is 1. The molecule has 0 aliphatic heterocycles. The van der Waals surface area contributed by atoms with Crippen molar-refractivity contribution in [2.75, 3.05) is 0 Å². The monoisotopic (exact) mass is 222 g/mol. The number of aryl methyl sites for hydroxylation is 1. The highest BCUT2D eigenvalue weighted by atomic mass is 16.6. The number of ether oxygens (including phenoxy) is 1. The van der Waals surface area contributed by atoms with Gasteiger partial charge in [-0.1, -0.05) is 6.07 Å². The quantitative estimate of drug-likeness (QED) is 0.782. The predicted molar refractivity (Wildman–Crippen MR) is 62.4 cm³/mol. The summed E-state index contributed by atoms with van der Waals surface area (Å²) in [6.07, 6.45) is 0.239. The SMILES string of the molecule is Cc1cc(O)ccc1CC(=O)OC(C)(C)C. The number of carbonyl (C=O) groups excluding carboxylic acids is 1. The Bertz CT molecular complexity index is 389. The molecule has 0 saturated heterocycles. The molecule has 0 unspecified atom stereocenters. The van der Waals surface area contributed by atoms with Crippen LogP contribution in [0.3, 0.4) is 0 Å². The molecule has 0 spiro atoms. The third-order valence-corrected chi connectivity index (χ3v) is 2.08. The van der Waals surface area contributed by atoms with Crippen LogP contribution in [-0.2, 0) is 16.0 Å². The first-order chi connectivity index (χ1) is 7.28. The van der Waals surface area contributed by atoms with E-state index in [0.29, 0.717) is 0 Å². The zero-order valence-corrected chi connectivity index (χ0v) is 10.2. The fourth-order valence-electron chi connectivity index (χ4n) is 1.41. The standard InChI is InChI=1S/C13H18O3/c1-9-7-11(14)6-5-10(9)8-12(15)16-13(2,3)4/h5-7,14H,8H2,1-4H3. The first-order valence-electron chi connectivity index (χ1n) is 5.28. The highest BCUT2D eigenvalue weighted by Gasteiger charge is 2.17. The molecule has 0 fully saturated rings. The fourth-order valence-corrected chi connectivity index (χ4v) is 1.41. The summed E-state index contributed by atoms with van der Waals surface area (Å²) in [4.78, 5) is 11.6. The Morgan fingerprint density at radius 1 is 1.38 bits per heavy atom. The van der Waals surface area contributed by atoms with Crippen molar-refractivity contribution in [3.05, 3.63) is 29.3 Å². The molecule has 0 aliphatic rings. The van der Waals surface area contributed by atoms with Gasteiger partial charge in [0.1, 0.15) is 11.4 Å². The van der Waals surface area contributed by atoms with Crippen molar-refractivity contribution >= 4 is 5.97 Å². The number of carbonyl (C=O) groups is 1. The predicted octanol–water partition coefficient (Wildman–Crippen LogP) is 2.58. The number of rotatable bonds is 2. The van der Waals surface area contributed by atoms with E-state index < -0.39 is 5.60 Å². The van der Waals surface area contributed by atoms with Crippen molar-refractivity contribution in [1.82, 2.24) is 0 Å². The first kappa shape index (κ1) is 12.6. The van der Waals surface area contributed by atoms with Crippen molar-refractivity contribution < 1.29 is 14.6 Å². The van der Waals surface area contributed by atoms with Crippen LogP contribution >= 0.6 is 0 Å². The Labute approximate surface area is 96.1 Å². The van der Waals surface area contributed by atoms with Gasteiger partial charge in [-0.3, -0.25) is 4.79 Å². The number of benzene rings is 1. The largest absolute Gasteiger partial charge is 0.508 e. The van der Waals surface area contributed by atoms with Crippen LogP contribution in [0.1, 0.15) is 31.9 Å². The maximum atomic E-state index is 11.6. The Hall–Kier alpha value is -1.51. The Morgan fingerprint density at radius 2 is 2.00 bits per heavy atom. The summed E-state index contributed by atoms with van der Waals surface area (Å²) in [6, 6.07) is 4.96. The van der Waals surface area contributed by atoms with Crippen LogP contribution in [-0.4, -0.2) is 16.7 Å². The molecule has 3 nitrogen and oxygen atoms in total. The van der Waals surface area contributed by atoms with E-state index in [2.05, 4.69) is 0 Å². The van der Waals surface area contributed by atoms with Crippen molar-refractivity contribution in [2.45, 2.75) is 39.7 Å². The van der Waals surface area contributed by atoms with Gasteiger partial charge in [-0.25, -0.2) is 0 Å². The van der Waals surface area contributed by atoms with E-state index in [4.69, 9.17) is 4.74 Å². The molecule has 1 aromatic rings. The molecule has 0 radical (unpaired) electrons. The summed E-state index contributed by atoms with van der Waals surface area (Å²) in [6.45, 7) is 7.39. The van der Waals surface area contributed by atoms with Crippen LogP contribution in [0.25, 0.3) is 0 Å². The van der Waals surface area contributed by atoms with Crippen LogP contribution in [0, 0.1) is 6.92 Å². The lowest BCUT2D eigenvalue weighted by molar-refractivity contribution is -0.153. The third-order valence-electron chi connectivity index (χ3n) is 2.08. The molecule has 0 amide bonds. The molecule has 1 rings (SSSR count). The number of phenolic OH excluding ortho intramolecular Hbond substituents is 1. The summed E-state index contributed by atoms with van der Waals surface area (Å²) in [5, 5.41) is 9.24. The second-order valence-corrected chi connectivity index (χ2v) is 4.87. The van der Waals surface area contributed by atoms with E-state index in [1.807, 2.05) is 27.7 Å². The second kappa shape index (κ2) is 4.56. The van der Waals surface area contributed by atoms with Crippen LogP contribution in [0.5, 0.6) is 5.75 Å². The van der Waals surface area contributed by atoms with E-state index in [-0.39, 0.29) is 18.1 Å². The molecule has 88 valence electrons. The average molecular weight is 222 g/mol. The topological polar surface area (TPSA) is 46.5 Å². The number of aromatic hydroxyl groups is 1. The van der Waals surface area contributed by atoms with E-state index >= 15 is 0 Å². The Kier molecular flexibility index (Phi) is 3.58. The summed E-state index contributed by atoms with van der Waals surface area (Å²) in [5.74, 6) is -0.0354. The summed E-state index contributed by atoms with van der Waals surface area (Å²) in [7, 11) is 0. The molecular formula is C13H18O3. The molecule has 16 heavy (non-hydrogen) atoms. The fraction of sp³-hybridized carbons (Fsp3) is 0.462. The molecule has 0 aliphatic carbocycles. The number of hydrogen-bond donors (Lipinski definition) is 1. The third kappa shape index (κ3) is 3.93. The van der Waals surface area contributed by atoms with Gasteiger partial charge in [0.2, 0.25) is 0 Å². The van der Waals surface area contributed by atoms with Crippen LogP contribution < -0.4 is 0 Å². The highest BCUT2D eigenvalue weighted by molar-refractivity contribution is 5.73. The minimum atomic E-state index is -0.456. The van der Waals surface area contributed by atoms with Crippen molar-refractivity contribution in [1.29, 1.82) is 0 Å². The van der Waals surface area contributed by atoms with E-state index in [1.54, 1.807) is 18.2 Å². The van der Waals surface area contributed by atoms with E-state index in [1.165, 1.54) is 0 Å². The van der Waals surface area contributed by atoms with E-state index in [0.717, 1.165) is 11.1 Å². The van der Waals surface area contributed by atoms with Crippen LogP contribution in [0.4, 0.5) is 0 Å². The summed E-state index contributed by atoms with van der Waals surface area (Å²) < 4.78 is 5.23. The molecule has 3 heteroatoms. The van der Waals surface area contributed by atoms with E-state index in [9.17, 15) is 9.90 Å². The van der Waals surface area contributed by atoms with Crippen LogP contribution in [0.15, 0.2) is 18.2 Å². The Morgan fingerprint density at radius 3 is 2.50 bits per heavy atom. The zero-order chi connectivity index (χ0) is 12.3. The van der Waals surface area contributed by atoms with Gasteiger partial charge >= 0.3 is 5.97 Å². The molecule has 0 bridgehead atoms. The van der Waals surface area contributed by atoms with Gasteiger partial charge in [-0.15, -0.1) is 0 Å². The molecule has 1 N–H and O–H groups in total. The number of hydrogen-bond acceptors (Lipinski definition) is 3. The maximum Gasteiger partial charge on any atom is 0.310 e. The molecule has 1 aromatic carbocycles. The molecular weight excluding hydrogens is 204 g/mol. The van der Waals surface area contributed by atoms with Crippen LogP contribution in [0.2, 0.25) is 0 Å². The lowest BCUT2D eigenvalue weighted by atomic mass is 10.1. The molecule has 0 atom stereocenters. The Balaban J connectivity index is 2.70. The minimum absolute atomic E-state index is 0.213. The smallest absolute Gasteiger partial charge is 0.310 e. The normalized spacial score (nSPS) is 11.2. The van der Waals surface area contributed by atoms with Crippen molar-refractivity contribution in [2.24, 2.45) is 0 Å². The van der Waals surface area contributed by atoms with Gasteiger partial charge in [-0.05, 0) is 51.0 Å². The molecule has 0 aromatic heterocycles. The van der Waals surface area contributed by atoms with Gasteiger partial charge in [-0.2, -0.15) is 0 Å². The van der Waals surface area contributed by atoms with Gasteiger partial charge in [0, 0.05) is 0 Å². The molecule has 0 heterocycles. The average Bonchev–Trinajstić information content (AvgIpc) is 2.06. The summed E-state index contributed by atoms with van der Waals surface area (Å²) in [5.41, 5.74) is 1.32. The number of esters is 1. The lowest BCUT2D eigenvalue weighted by Gasteiger charge is -2.19. The molecule has 0 saturated carbocycles. The lowest BCUT2D eigenvalue weighted by Crippen LogP contribution is -2.25. The minimum Gasteiger partial charge on any atom is -0.508 e. The van der Waals surface area contributed by atoms with Gasteiger partial charge in [0.05, 0.1) is 6.42 Å². The first-order valence-corrected chi connectivity index (χ1v) is 5.28. The van der Waals surface area contributed by atoms with Crippen molar-refractivity contribution in [3.63, 3.8) is 0 Å². The maximum absolute atomic E-state index is 11.6. The van der Waals surface area contributed by atoms with Gasteiger partial charge in [0.25, 0.3) is 0 Å². The summed E-state index contributed by atoms with van der Waals surface area (Å²) >= 11 is 0.